The van der Waals surface area contributed by atoms with Crippen molar-refractivity contribution in [1.29, 1.82) is 0 Å². The SMILES string of the molecule is O=C(O)c1cn(Cc2cc(Cl)c3c(c2)OCCO3)nn1. The highest BCUT2D eigenvalue weighted by Gasteiger charge is 2.17. The summed E-state index contributed by atoms with van der Waals surface area (Å²) >= 11 is 6.12. The number of carbonyl (C=O) groups is 1. The van der Waals surface area contributed by atoms with Crippen molar-refractivity contribution in [3.8, 4) is 11.5 Å². The van der Waals surface area contributed by atoms with E-state index in [1.807, 2.05) is 0 Å². The first-order chi connectivity index (χ1) is 9.63. The van der Waals surface area contributed by atoms with E-state index >= 15 is 0 Å². The van der Waals surface area contributed by atoms with E-state index in [-0.39, 0.29) is 5.69 Å². The summed E-state index contributed by atoms with van der Waals surface area (Å²) < 4.78 is 12.3. The van der Waals surface area contributed by atoms with Crippen molar-refractivity contribution in [3.63, 3.8) is 0 Å². The van der Waals surface area contributed by atoms with Gasteiger partial charge in [-0.05, 0) is 17.7 Å². The third-order valence-electron chi connectivity index (χ3n) is 2.76. The molecule has 7 nitrogen and oxygen atoms in total. The summed E-state index contributed by atoms with van der Waals surface area (Å²) in [5.74, 6) is 0.000243. The minimum atomic E-state index is -1.11. The van der Waals surface area contributed by atoms with Crippen LogP contribution in [0, 0.1) is 0 Å². The quantitative estimate of drug-likeness (QED) is 0.922. The summed E-state index contributed by atoms with van der Waals surface area (Å²) in [6.45, 7) is 1.28. The van der Waals surface area contributed by atoms with E-state index in [4.69, 9.17) is 26.2 Å². The third kappa shape index (κ3) is 2.39. The second-order valence-electron chi connectivity index (χ2n) is 4.21. The first-order valence-electron chi connectivity index (χ1n) is 5.85. The van der Waals surface area contributed by atoms with Gasteiger partial charge in [0, 0.05) is 0 Å². The van der Waals surface area contributed by atoms with Crippen LogP contribution in [-0.2, 0) is 6.54 Å². The number of aromatic nitrogens is 3. The number of fused-ring (bicyclic) bond motifs is 1. The van der Waals surface area contributed by atoms with Crippen molar-refractivity contribution >= 4 is 17.6 Å². The lowest BCUT2D eigenvalue weighted by molar-refractivity contribution is 0.0690. The van der Waals surface area contributed by atoms with Crippen molar-refractivity contribution < 1.29 is 19.4 Å². The zero-order chi connectivity index (χ0) is 14.1. The standard InChI is InChI=1S/C12H10ClN3O4/c13-8-3-7(4-10-11(8)20-2-1-19-10)5-16-6-9(12(17)18)14-15-16/h3-4,6H,1-2,5H2,(H,17,18). The lowest BCUT2D eigenvalue weighted by Crippen LogP contribution is -2.16. The number of rotatable bonds is 3. The van der Waals surface area contributed by atoms with Crippen molar-refractivity contribution in [3.05, 3.63) is 34.6 Å². The first kappa shape index (κ1) is 12.7. The summed E-state index contributed by atoms with van der Waals surface area (Å²) in [5, 5.41) is 16.5. The van der Waals surface area contributed by atoms with Crippen LogP contribution in [0.1, 0.15) is 16.1 Å². The van der Waals surface area contributed by atoms with E-state index in [0.717, 1.165) is 5.56 Å². The van der Waals surface area contributed by atoms with Gasteiger partial charge in [0.25, 0.3) is 0 Å². The maximum atomic E-state index is 10.7. The Hall–Kier alpha value is -2.28. The van der Waals surface area contributed by atoms with Crippen molar-refractivity contribution in [2.45, 2.75) is 6.54 Å². The Balaban J connectivity index is 1.86. The molecule has 3 rings (SSSR count). The molecular weight excluding hydrogens is 286 g/mol. The van der Waals surface area contributed by atoms with Crippen LogP contribution in [0.15, 0.2) is 18.3 Å². The highest BCUT2D eigenvalue weighted by molar-refractivity contribution is 6.32. The van der Waals surface area contributed by atoms with Crippen molar-refractivity contribution in [2.24, 2.45) is 0 Å². The molecule has 0 amide bonds. The van der Waals surface area contributed by atoms with Crippen LogP contribution in [-0.4, -0.2) is 39.3 Å². The normalized spacial score (nSPS) is 13.2. The smallest absolute Gasteiger partial charge is 0.358 e. The largest absolute Gasteiger partial charge is 0.486 e. The highest BCUT2D eigenvalue weighted by atomic mass is 35.5. The molecule has 0 saturated carbocycles. The number of carboxylic acids is 1. The Morgan fingerprint density at radius 2 is 2.20 bits per heavy atom. The molecule has 0 aliphatic carbocycles. The summed E-state index contributed by atoms with van der Waals surface area (Å²) in [4.78, 5) is 10.7. The van der Waals surface area contributed by atoms with Crippen LogP contribution < -0.4 is 9.47 Å². The number of benzene rings is 1. The number of carboxylic acid groups (broad SMARTS) is 1. The van der Waals surface area contributed by atoms with Crippen LogP contribution in [0.2, 0.25) is 5.02 Å². The van der Waals surface area contributed by atoms with E-state index < -0.39 is 5.97 Å². The van der Waals surface area contributed by atoms with Gasteiger partial charge < -0.3 is 14.6 Å². The number of halogens is 1. The number of ether oxygens (including phenoxy) is 2. The lowest BCUT2D eigenvalue weighted by Gasteiger charge is -2.20. The molecule has 0 fully saturated rings. The number of aromatic carboxylic acids is 1. The second kappa shape index (κ2) is 5.01. The molecule has 0 unspecified atom stereocenters. The van der Waals surface area contributed by atoms with Crippen LogP contribution >= 0.6 is 11.6 Å². The molecule has 1 aromatic carbocycles. The second-order valence-corrected chi connectivity index (χ2v) is 4.62. The zero-order valence-corrected chi connectivity index (χ0v) is 11.0. The van der Waals surface area contributed by atoms with Gasteiger partial charge >= 0.3 is 5.97 Å². The summed E-state index contributed by atoms with van der Waals surface area (Å²) in [7, 11) is 0. The Morgan fingerprint density at radius 1 is 1.40 bits per heavy atom. The Morgan fingerprint density at radius 3 is 2.95 bits per heavy atom. The Labute approximate surface area is 118 Å². The fraction of sp³-hybridized carbons (Fsp3) is 0.250. The maximum absolute atomic E-state index is 10.7. The predicted octanol–water partition coefficient (Wildman–Crippen LogP) is 1.45. The van der Waals surface area contributed by atoms with Crippen LogP contribution in [0.25, 0.3) is 0 Å². The average Bonchev–Trinajstić information content (AvgIpc) is 2.87. The van der Waals surface area contributed by atoms with Gasteiger partial charge in [-0.15, -0.1) is 5.10 Å². The third-order valence-corrected chi connectivity index (χ3v) is 3.04. The summed E-state index contributed by atoms with van der Waals surface area (Å²) in [6, 6.07) is 3.53. The molecule has 0 bridgehead atoms. The van der Waals surface area contributed by atoms with Crippen LogP contribution in [0.5, 0.6) is 11.5 Å². The average molecular weight is 296 g/mol. The monoisotopic (exact) mass is 295 g/mol. The topological polar surface area (TPSA) is 86.5 Å². The highest BCUT2D eigenvalue weighted by Crippen LogP contribution is 2.38. The number of nitrogens with zero attached hydrogens (tertiary/aromatic N) is 3. The van der Waals surface area contributed by atoms with Gasteiger partial charge in [-0.2, -0.15) is 0 Å². The molecule has 20 heavy (non-hydrogen) atoms. The van der Waals surface area contributed by atoms with E-state index in [1.54, 1.807) is 12.1 Å². The van der Waals surface area contributed by atoms with Crippen LogP contribution in [0.4, 0.5) is 0 Å². The molecule has 0 atom stereocenters. The molecule has 0 saturated heterocycles. The number of hydrogen-bond acceptors (Lipinski definition) is 5. The molecule has 1 N–H and O–H groups in total. The molecular formula is C12H10ClN3O4. The van der Waals surface area contributed by atoms with E-state index in [1.165, 1.54) is 10.9 Å². The fourth-order valence-electron chi connectivity index (χ4n) is 1.92. The molecule has 104 valence electrons. The summed E-state index contributed by atoms with van der Waals surface area (Å²) in [5.41, 5.74) is 0.717. The van der Waals surface area contributed by atoms with E-state index in [9.17, 15) is 4.79 Å². The van der Waals surface area contributed by atoms with Gasteiger partial charge in [0.1, 0.15) is 13.2 Å². The molecule has 1 aromatic heterocycles. The van der Waals surface area contributed by atoms with Gasteiger partial charge in [0.2, 0.25) is 0 Å². The van der Waals surface area contributed by atoms with E-state index in [0.29, 0.717) is 36.3 Å². The molecule has 2 aromatic rings. The van der Waals surface area contributed by atoms with Gasteiger partial charge in [0.15, 0.2) is 17.2 Å². The molecule has 0 spiro atoms. The minimum Gasteiger partial charge on any atom is -0.486 e. The van der Waals surface area contributed by atoms with Crippen molar-refractivity contribution in [1.82, 2.24) is 15.0 Å². The number of hydrogen-bond donors (Lipinski definition) is 1. The molecule has 2 heterocycles. The van der Waals surface area contributed by atoms with Gasteiger partial charge in [-0.3, -0.25) is 0 Å². The van der Waals surface area contributed by atoms with E-state index in [2.05, 4.69) is 10.3 Å². The Bertz CT molecular complexity index is 671. The van der Waals surface area contributed by atoms with Crippen molar-refractivity contribution in [2.75, 3.05) is 13.2 Å². The maximum Gasteiger partial charge on any atom is 0.358 e. The molecule has 1 aliphatic rings. The fourth-order valence-corrected chi connectivity index (χ4v) is 2.20. The molecule has 0 radical (unpaired) electrons. The molecule has 1 aliphatic heterocycles. The van der Waals surface area contributed by atoms with Gasteiger partial charge in [0.05, 0.1) is 17.8 Å². The predicted molar refractivity (Wildman–Crippen MR) is 68.5 cm³/mol. The Kier molecular flexibility index (Phi) is 3.19. The first-order valence-corrected chi connectivity index (χ1v) is 6.23. The zero-order valence-electron chi connectivity index (χ0n) is 10.2. The van der Waals surface area contributed by atoms with Gasteiger partial charge in [-0.25, -0.2) is 9.48 Å². The lowest BCUT2D eigenvalue weighted by atomic mass is 10.2. The van der Waals surface area contributed by atoms with Gasteiger partial charge in [-0.1, -0.05) is 16.8 Å². The minimum absolute atomic E-state index is 0.103. The summed E-state index contributed by atoms with van der Waals surface area (Å²) in [6.07, 6.45) is 1.35. The van der Waals surface area contributed by atoms with Crippen LogP contribution in [0.3, 0.4) is 0 Å². The molecule has 8 heteroatoms.